The predicted octanol–water partition coefficient (Wildman–Crippen LogP) is 3.02. The summed E-state index contributed by atoms with van der Waals surface area (Å²) in [4.78, 5) is 63.3. The van der Waals surface area contributed by atoms with Crippen LogP contribution in [0.3, 0.4) is 0 Å². The molecule has 14 nitrogen and oxygen atoms in total. The summed E-state index contributed by atoms with van der Waals surface area (Å²) in [5, 5.41) is 19.0. The number of hydrogen-bond acceptors (Lipinski definition) is 10. The fourth-order valence-corrected chi connectivity index (χ4v) is 5.88. The number of fused-ring (bicyclic) bond motifs is 9. The molecule has 49 heavy (non-hydrogen) atoms. The molecule has 0 aliphatic carbocycles. The number of benzene rings is 2. The number of aromatic nitrogens is 2. The number of phenols is 1. The quantitative estimate of drug-likeness (QED) is 0.253. The normalized spacial score (nSPS) is 19.9. The van der Waals surface area contributed by atoms with Crippen LogP contribution in [0.5, 0.6) is 23.0 Å². The molecule has 1 saturated heterocycles. The first kappa shape index (κ1) is 33.0. The van der Waals surface area contributed by atoms with Crippen LogP contribution in [0.2, 0.25) is 0 Å². The highest BCUT2D eigenvalue weighted by atomic mass is 16.5. The molecule has 6 bridgehead atoms. The SMILES string of the molecule is COc1cc2ccc1Oc1cc(ccc1O)CCC(=O)N[C@H](C)C(=O)N1C[C@@H](NC(=O)c3cccnc3)C[C@H]1C(=O)NCc1nc-2oc1C. The van der Waals surface area contributed by atoms with Gasteiger partial charge in [0, 0.05) is 37.0 Å². The molecule has 0 saturated carbocycles. The lowest BCUT2D eigenvalue weighted by Gasteiger charge is -2.27. The number of oxazole rings is 1. The molecule has 14 heteroatoms. The topological polar surface area (TPSA) is 185 Å². The summed E-state index contributed by atoms with van der Waals surface area (Å²) in [5.41, 5.74) is 2.13. The van der Waals surface area contributed by atoms with Crippen LogP contribution in [0, 0.1) is 6.92 Å². The van der Waals surface area contributed by atoms with Crippen LogP contribution in [-0.2, 0) is 27.3 Å². The van der Waals surface area contributed by atoms with Crippen LogP contribution in [0.4, 0.5) is 0 Å². The van der Waals surface area contributed by atoms with Gasteiger partial charge in [0.1, 0.15) is 23.5 Å². The first-order valence-electron chi connectivity index (χ1n) is 15.8. The monoisotopic (exact) mass is 668 g/mol. The van der Waals surface area contributed by atoms with Gasteiger partial charge >= 0.3 is 0 Å². The number of carbonyl (C=O) groups excluding carboxylic acids is 4. The van der Waals surface area contributed by atoms with E-state index in [9.17, 15) is 24.3 Å². The summed E-state index contributed by atoms with van der Waals surface area (Å²) in [6, 6.07) is 10.7. The summed E-state index contributed by atoms with van der Waals surface area (Å²) >= 11 is 0. The van der Waals surface area contributed by atoms with E-state index in [4.69, 9.17) is 13.9 Å². The molecule has 4 N–H and O–H groups in total. The van der Waals surface area contributed by atoms with Crippen molar-refractivity contribution in [1.82, 2.24) is 30.8 Å². The standard InChI is InChI=1S/C35H36N6O8/c1-19-35(46)41-18-24(39-32(44)23-5-4-12-36-16-23)15-26(41)33(45)37-17-25-20(2)48-34(40-25)22-8-10-28(30(14-22)47-3)49-29-13-21(6-9-27(29)42)7-11-31(43)38-19/h4-6,8-10,12-14,16,19,24,26,42H,7,11,15,17-18H2,1-3H3,(H,37,45)(H,38,43)(H,39,44)/t19-,24+,26+/m1/s1. The fraction of sp³-hybridized carbons (Fsp3) is 0.314. The second-order valence-corrected chi connectivity index (χ2v) is 12.0. The van der Waals surface area contributed by atoms with E-state index in [1.807, 2.05) is 0 Å². The van der Waals surface area contributed by atoms with Gasteiger partial charge in [-0.3, -0.25) is 24.2 Å². The van der Waals surface area contributed by atoms with E-state index < -0.39 is 29.9 Å². The highest BCUT2D eigenvalue weighted by Crippen LogP contribution is 2.39. The number of methoxy groups -OCH3 is 1. The van der Waals surface area contributed by atoms with Crippen molar-refractivity contribution in [2.24, 2.45) is 0 Å². The van der Waals surface area contributed by atoms with Crippen LogP contribution in [0.1, 0.15) is 47.1 Å². The zero-order chi connectivity index (χ0) is 34.7. The summed E-state index contributed by atoms with van der Waals surface area (Å²) in [7, 11) is 1.49. The molecular weight excluding hydrogens is 632 g/mol. The minimum atomic E-state index is -0.956. The van der Waals surface area contributed by atoms with Crippen molar-refractivity contribution in [2.45, 2.75) is 57.8 Å². The van der Waals surface area contributed by atoms with Gasteiger partial charge in [0.2, 0.25) is 23.6 Å². The lowest BCUT2D eigenvalue weighted by Crippen LogP contribution is -2.52. The first-order valence-corrected chi connectivity index (χ1v) is 15.8. The molecule has 1 fully saturated rings. The maximum Gasteiger partial charge on any atom is 0.253 e. The first-order chi connectivity index (χ1) is 23.6. The number of pyridine rings is 1. The number of rotatable bonds is 3. The lowest BCUT2D eigenvalue weighted by atomic mass is 10.1. The van der Waals surface area contributed by atoms with Crippen LogP contribution in [0.25, 0.3) is 11.5 Å². The Morgan fingerprint density at radius 1 is 1.10 bits per heavy atom. The van der Waals surface area contributed by atoms with Gasteiger partial charge in [-0.25, -0.2) is 4.98 Å². The lowest BCUT2D eigenvalue weighted by molar-refractivity contribution is -0.141. The van der Waals surface area contributed by atoms with Crippen molar-refractivity contribution in [2.75, 3.05) is 13.7 Å². The van der Waals surface area contributed by atoms with Crippen LogP contribution >= 0.6 is 0 Å². The number of ether oxygens (including phenoxy) is 2. The Balaban J connectivity index is 1.30. The number of amides is 4. The Labute approximate surface area is 281 Å². The Hall–Kier alpha value is -5.92. The highest BCUT2D eigenvalue weighted by Gasteiger charge is 2.42. The predicted molar refractivity (Wildman–Crippen MR) is 175 cm³/mol. The van der Waals surface area contributed by atoms with Gasteiger partial charge in [-0.2, -0.15) is 0 Å². The highest BCUT2D eigenvalue weighted by molar-refractivity contribution is 5.95. The maximum atomic E-state index is 13.7. The molecule has 7 rings (SSSR count). The molecule has 0 spiro atoms. The van der Waals surface area contributed by atoms with Crippen molar-refractivity contribution < 1.29 is 38.2 Å². The zero-order valence-corrected chi connectivity index (χ0v) is 27.2. The van der Waals surface area contributed by atoms with Crippen molar-refractivity contribution in [3.8, 4) is 34.5 Å². The van der Waals surface area contributed by atoms with Crippen LogP contribution in [0.15, 0.2) is 65.3 Å². The number of aromatic hydroxyl groups is 1. The van der Waals surface area contributed by atoms with E-state index >= 15 is 0 Å². The summed E-state index contributed by atoms with van der Waals surface area (Å²) in [5.74, 6) is -0.135. The molecule has 0 radical (unpaired) electrons. The van der Waals surface area contributed by atoms with Crippen molar-refractivity contribution in [3.05, 3.63) is 83.5 Å². The Morgan fingerprint density at radius 2 is 1.94 bits per heavy atom. The van der Waals surface area contributed by atoms with Crippen LogP contribution < -0.4 is 25.4 Å². The molecule has 254 valence electrons. The van der Waals surface area contributed by atoms with E-state index in [2.05, 4.69) is 25.9 Å². The average Bonchev–Trinajstić information content (AvgIpc) is 3.70. The molecule has 4 amide bonds. The molecule has 0 unspecified atom stereocenters. The number of phenolic OH excluding ortho intramolecular Hbond substituents is 1. The van der Waals surface area contributed by atoms with E-state index in [1.54, 1.807) is 62.5 Å². The number of carbonyl (C=O) groups is 4. The van der Waals surface area contributed by atoms with Crippen molar-refractivity contribution in [3.63, 3.8) is 0 Å². The van der Waals surface area contributed by atoms with E-state index in [-0.39, 0.29) is 49.2 Å². The Kier molecular flexibility index (Phi) is 9.47. The summed E-state index contributed by atoms with van der Waals surface area (Å²) in [6.07, 6.45) is 3.49. The molecular formula is C35H36N6O8. The van der Waals surface area contributed by atoms with Crippen molar-refractivity contribution >= 4 is 23.6 Å². The van der Waals surface area contributed by atoms with Gasteiger partial charge in [-0.05, 0) is 74.7 Å². The molecule has 3 atom stereocenters. The van der Waals surface area contributed by atoms with Gasteiger partial charge in [-0.1, -0.05) is 6.07 Å². The number of nitrogens with one attached hydrogen (secondary N) is 3. The van der Waals surface area contributed by atoms with Crippen LogP contribution in [-0.4, -0.2) is 75.4 Å². The number of nitrogens with zero attached hydrogens (tertiary/aromatic N) is 3. The largest absolute Gasteiger partial charge is 0.504 e. The van der Waals surface area contributed by atoms with E-state index in [1.165, 1.54) is 24.3 Å². The number of hydrogen-bond donors (Lipinski definition) is 4. The summed E-state index contributed by atoms with van der Waals surface area (Å²) < 4.78 is 17.5. The minimum absolute atomic E-state index is 0.0135. The van der Waals surface area contributed by atoms with Gasteiger partial charge < -0.3 is 39.8 Å². The molecule has 2 aromatic carbocycles. The minimum Gasteiger partial charge on any atom is -0.504 e. The van der Waals surface area contributed by atoms with Crippen molar-refractivity contribution in [1.29, 1.82) is 0 Å². The van der Waals surface area contributed by atoms with Gasteiger partial charge in [0.15, 0.2) is 23.0 Å². The summed E-state index contributed by atoms with van der Waals surface area (Å²) in [6.45, 7) is 3.36. The molecule has 5 heterocycles. The Bertz CT molecular complexity index is 1890. The van der Waals surface area contributed by atoms with Gasteiger partial charge in [0.05, 0.1) is 19.2 Å². The van der Waals surface area contributed by atoms with E-state index in [0.29, 0.717) is 52.0 Å². The molecule has 3 aliphatic heterocycles. The molecule has 3 aliphatic rings. The Morgan fingerprint density at radius 3 is 2.71 bits per heavy atom. The van der Waals surface area contributed by atoms with Gasteiger partial charge in [-0.15, -0.1) is 0 Å². The third-order valence-corrected chi connectivity index (χ3v) is 8.51. The molecule has 4 aromatic rings. The third kappa shape index (κ3) is 7.32. The number of aryl methyl sites for hydroxylation is 2. The smallest absolute Gasteiger partial charge is 0.253 e. The van der Waals surface area contributed by atoms with Gasteiger partial charge in [0.25, 0.3) is 5.91 Å². The third-order valence-electron chi connectivity index (χ3n) is 8.51. The molecule has 2 aromatic heterocycles. The average molecular weight is 669 g/mol. The fourth-order valence-electron chi connectivity index (χ4n) is 5.88. The van der Waals surface area contributed by atoms with E-state index in [0.717, 1.165) is 0 Å². The zero-order valence-electron chi connectivity index (χ0n) is 27.2. The second-order valence-electron chi connectivity index (χ2n) is 12.0. The second kappa shape index (κ2) is 14.1. The maximum absolute atomic E-state index is 13.7.